The second kappa shape index (κ2) is 7.14. The molecule has 1 amide bonds. The molecule has 25 heavy (non-hydrogen) atoms. The topological polar surface area (TPSA) is 58.6 Å². The highest BCUT2D eigenvalue weighted by Crippen LogP contribution is 2.48. The minimum Gasteiger partial charge on any atom is -0.444 e. The van der Waals surface area contributed by atoms with E-state index in [2.05, 4.69) is 4.72 Å². The molecule has 1 spiro atoms. The Hall–Kier alpha value is -0.690. The number of nitrogens with one attached hydrogen (secondary N) is 1. The molecule has 7 heteroatoms. The lowest BCUT2D eigenvalue weighted by molar-refractivity contribution is 0.00768. The molecule has 0 aromatic heterocycles. The molecule has 1 N–H and O–H groups in total. The molecule has 2 aliphatic rings. The molecule has 2 rings (SSSR count). The summed E-state index contributed by atoms with van der Waals surface area (Å²) >= 11 is 0. The van der Waals surface area contributed by atoms with E-state index in [-0.39, 0.29) is 22.3 Å². The van der Waals surface area contributed by atoms with Gasteiger partial charge in [-0.25, -0.2) is 18.1 Å². The van der Waals surface area contributed by atoms with Gasteiger partial charge >= 0.3 is 6.09 Å². The Morgan fingerprint density at radius 3 is 2.24 bits per heavy atom. The molecule has 146 valence electrons. The van der Waals surface area contributed by atoms with Crippen LogP contribution in [0.25, 0.3) is 0 Å². The molecule has 0 bridgehead atoms. The van der Waals surface area contributed by atoms with E-state index < -0.39 is 22.8 Å². The van der Waals surface area contributed by atoms with Gasteiger partial charge < -0.3 is 9.64 Å². The molecule has 2 fully saturated rings. The number of halogens is 1. The first-order chi connectivity index (χ1) is 11.3. The summed E-state index contributed by atoms with van der Waals surface area (Å²) in [4.78, 5) is 13.9. The summed E-state index contributed by atoms with van der Waals surface area (Å²) in [6.45, 7) is 12.4. The van der Waals surface area contributed by atoms with Crippen LogP contribution in [0.5, 0.6) is 0 Å². The maximum absolute atomic E-state index is 14.2. The van der Waals surface area contributed by atoms with E-state index >= 15 is 0 Å². The molecule has 1 saturated carbocycles. The number of nitrogens with zero attached hydrogens (tertiary/aromatic N) is 1. The van der Waals surface area contributed by atoms with Crippen molar-refractivity contribution in [1.82, 2.24) is 9.62 Å². The second-order valence-corrected chi connectivity index (χ2v) is 11.4. The maximum atomic E-state index is 14.2. The van der Waals surface area contributed by atoms with Crippen molar-refractivity contribution in [2.75, 3.05) is 13.1 Å². The van der Waals surface area contributed by atoms with Gasteiger partial charge in [-0.1, -0.05) is 0 Å². The Balaban J connectivity index is 2.01. The van der Waals surface area contributed by atoms with Crippen molar-refractivity contribution < 1.29 is 18.1 Å². The van der Waals surface area contributed by atoms with E-state index in [1.54, 1.807) is 4.90 Å². The largest absolute Gasteiger partial charge is 0.444 e. The lowest BCUT2D eigenvalue weighted by Gasteiger charge is -2.43. The first kappa shape index (κ1) is 20.6. The number of hydrogen-bond donors (Lipinski definition) is 1. The van der Waals surface area contributed by atoms with Gasteiger partial charge in [0.15, 0.2) is 0 Å². The van der Waals surface area contributed by atoms with Crippen LogP contribution in [0, 0.1) is 5.41 Å². The fourth-order valence-electron chi connectivity index (χ4n) is 3.67. The van der Waals surface area contributed by atoms with E-state index in [1.165, 1.54) is 0 Å². The molecule has 0 aromatic carbocycles. The van der Waals surface area contributed by atoms with Crippen molar-refractivity contribution in [1.29, 1.82) is 0 Å². The molecule has 1 aliphatic carbocycles. The van der Waals surface area contributed by atoms with Crippen molar-refractivity contribution in [3.63, 3.8) is 0 Å². The number of carbonyl (C=O) groups excluding carboxylic acids is 1. The molecule has 0 aromatic rings. The smallest absolute Gasteiger partial charge is 0.410 e. The number of hydrogen-bond acceptors (Lipinski definition) is 3. The molecular formula is C18H33FN2O3S. The summed E-state index contributed by atoms with van der Waals surface area (Å²) in [6.07, 6.45) is 1.13. The third-order valence-electron chi connectivity index (χ3n) is 5.08. The highest BCUT2D eigenvalue weighted by atomic mass is 32.2. The number of alkyl halides is 1. The summed E-state index contributed by atoms with van der Waals surface area (Å²) in [6, 6.07) is -0.108. The molecular weight excluding hydrogens is 343 g/mol. The Morgan fingerprint density at radius 2 is 1.76 bits per heavy atom. The first-order valence-electron chi connectivity index (χ1n) is 9.12. The van der Waals surface area contributed by atoms with E-state index in [0.29, 0.717) is 38.8 Å². The van der Waals surface area contributed by atoms with E-state index in [9.17, 15) is 13.4 Å². The lowest BCUT2D eigenvalue weighted by Crippen LogP contribution is -2.52. The molecule has 0 radical (unpaired) electrons. The van der Waals surface area contributed by atoms with Gasteiger partial charge in [0.25, 0.3) is 0 Å². The van der Waals surface area contributed by atoms with Crippen molar-refractivity contribution in [3.8, 4) is 0 Å². The SMILES string of the molecule is CC(C)(C)OC(=O)N1CCC2(CC1)C[C@H](F)C[C@H]2N[S@@](=O)C(C)(C)C. The van der Waals surface area contributed by atoms with Crippen LogP contribution in [0.1, 0.15) is 67.2 Å². The zero-order valence-electron chi connectivity index (χ0n) is 16.4. The van der Waals surface area contributed by atoms with Crippen LogP contribution >= 0.6 is 0 Å². The number of piperidine rings is 1. The average molecular weight is 377 g/mol. The molecule has 5 nitrogen and oxygen atoms in total. The third kappa shape index (κ3) is 5.16. The van der Waals surface area contributed by atoms with Crippen LogP contribution in [0.4, 0.5) is 9.18 Å². The van der Waals surface area contributed by atoms with Crippen molar-refractivity contribution in [2.45, 2.75) is 89.8 Å². The van der Waals surface area contributed by atoms with Gasteiger partial charge in [0.1, 0.15) is 11.8 Å². The highest BCUT2D eigenvalue weighted by Gasteiger charge is 2.50. The van der Waals surface area contributed by atoms with Gasteiger partial charge in [-0.3, -0.25) is 0 Å². The number of likely N-dealkylation sites (tertiary alicyclic amines) is 1. The van der Waals surface area contributed by atoms with Crippen LogP contribution in [-0.4, -0.2) is 50.9 Å². The van der Waals surface area contributed by atoms with Crippen LogP contribution < -0.4 is 4.72 Å². The number of rotatable bonds is 2. The number of ether oxygens (including phenoxy) is 1. The monoisotopic (exact) mass is 376 g/mol. The van der Waals surface area contributed by atoms with Crippen molar-refractivity contribution in [3.05, 3.63) is 0 Å². The second-order valence-electron chi connectivity index (χ2n) is 9.42. The predicted molar refractivity (Wildman–Crippen MR) is 98.4 cm³/mol. The summed E-state index contributed by atoms with van der Waals surface area (Å²) < 4.78 is 34.9. The zero-order chi connectivity index (χ0) is 19.0. The average Bonchev–Trinajstić information content (AvgIpc) is 2.72. The molecule has 0 unspecified atom stereocenters. The van der Waals surface area contributed by atoms with Crippen LogP contribution in [-0.2, 0) is 15.7 Å². The minimum atomic E-state index is -1.22. The fourth-order valence-corrected chi connectivity index (χ4v) is 4.62. The predicted octanol–water partition coefficient (Wildman–Crippen LogP) is 3.56. The Labute approximate surface area is 153 Å². The number of carbonyl (C=O) groups is 1. The Bertz CT molecular complexity index is 519. The van der Waals surface area contributed by atoms with Gasteiger partial charge in [0.05, 0.1) is 15.7 Å². The molecule has 1 aliphatic heterocycles. The maximum Gasteiger partial charge on any atom is 0.410 e. The van der Waals surface area contributed by atoms with Gasteiger partial charge in [-0.15, -0.1) is 0 Å². The van der Waals surface area contributed by atoms with E-state index in [4.69, 9.17) is 4.74 Å². The Morgan fingerprint density at radius 1 is 1.20 bits per heavy atom. The first-order valence-corrected chi connectivity index (χ1v) is 10.3. The third-order valence-corrected chi connectivity index (χ3v) is 6.69. The summed E-state index contributed by atoms with van der Waals surface area (Å²) in [5.74, 6) is 0. The summed E-state index contributed by atoms with van der Waals surface area (Å²) in [7, 11) is -1.22. The standard InChI is InChI=1S/C18H33FN2O3S/c1-16(2,3)24-15(22)21-9-7-18(8-10-21)12-13(19)11-14(18)20-25(23)17(4,5)6/h13-14,20H,7-12H2,1-6H3/t13-,14-,25+/m1/s1. The van der Waals surface area contributed by atoms with Gasteiger partial charge in [-0.05, 0) is 72.6 Å². The molecule has 1 heterocycles. The van der Waals surface area contributed by atoms with Crippen LogP contribution in [0.3, 0.4) is 0 Å². The minimum absolute atomic E-state index is 0.108. The zero-order valence-corrected chi connectivity index (χ0v) is 17.2. The van der Waals surface area contributed by atoms with Crippen LogP contribution in [0.2, 0.25) is 0 Å². The normalized spacial score (nSPS) is 28.2. The fraction of sp³-hybridized carbons (Fsp3) is 0.944. The Kier molecular flexibility index (Phi) is 5.89. The molecule has 1 saturated heterocycles. The van der Waals surface area contributed by atoms with Gasteiger partial charge in [-0.2, -0.15) is 0 Å². The van der Waals surface area contributed by atoms with E-state index in [1.807, 2.05) is 41.5 Å². The number of amides is 1. The molecule has 3 atom stereocenters. The van der Waals surface area contributed by atoms with Gasteiger partial charge in [0, 0.05) is 19.1 Å². The van der Waals surface area contributed by atoms with Crippen molar-refractivity contribution >= 4 is 17.1 Å². The summed E-state index contributed by atoms with van der Waals surface area (Å²) in [5.41, 5.74) is -0.740. The van der Waals surface area contributed by atoms with Gasteiger partial charge in [0.2, 0.25) is 0 Å². The highest BCUT2D eigenvalue weighted by molar-refractivity contribution is 7.84. The van der Waals surface area contributed by atoms with Crippen LogP contribution in [0.15, 0.2) is 0 Å². The van der Waals surface area contributed by atoms with Crippen molar-refractivity contribution in [2.24, 2.45) is 5.41 Å². The quantitative estimate of drug-likeness (QED) is 0.802. The van der Waals surface area contributed by atoms with E-state index in [0.717, 1.165) is 0 Å². The lowest BCUT2D eigenvalue weighted by atomic mass is 9.74. The summed E-state index contributed by atoms with van der Waals surface area (Å²) in [5, 5.41) is 0.